The van der Waals surface area contributed by atoms with Crippen LogP contribution in [0.15, 0.2) is 60.9 Å². The maximum Gasteiger partial charge on any atom is 0.326 e. The van der Waals surface area contributed by atoms with Crippen LogP contribution in [0.3, 0.4) is 0 Å². The fraction of sp³-hybridized carbons (Fsp3) is 0.344. The molecule has 0 aliphatic carbocycles. The van der Waals surface area contributed by atoms with Crippen molar-refractivity contribution in [2.24, 2.45) is 5.73 Å². The number of benzene rings is 2. The van der Waals surface area contributed by atoms with Crippen LogP contribution in [0, 0.1) is 0 Å². The molecule has 45 heavy (non-hydrogen) atoms. The van der Waals surface area contributed by atoms with E-state index in [9.17, 15) is 29.1 Å². The lowest BCUT2D eigenvalue weighted by Crippen LogP contribution is -2.58. The van der Waals surface area contributed by atoms with Crippen LogP contribution >= 0.6 is 0 Å². The molecular weight excluding hydrogens is 578 g/mol. The summed E-state index contributed by atoms with van der Waals surface area (Å²) in [5.41, 5.74) is 8.44. The van der Waals surface area contributed by atoms with Crippen molar-refractivity contribution < 1.29 is 29.1 Å². The Kier molecular flexibility index (Phi) is 9.78. The highest BCUT2D eigenvalue weighted by Gasteiger charge is 2.32. The zero-order valence-electron chi connectivity index (χ0n) is 24.6. The summed E-state index contributed by atoms with van der Waals surface area (Å²) in [5.74, 6) is -3.71. The van der Waals surface area contributed by atoms with Crippen LogP contribution in [0.2, 0.25) is 0 Å². The summed E-state index contributed by atoms with van der Waals surface area (Å²) in [7, 11) is 0. The monoisotopic (exact) mass is 615 g/mol. The number of amides is 4. The highest BCUT2D eigenvalue weighted by atomic mass is 16.4. The largest absolute Gasteiger partial charge is 0.480 e. The number of para-hydroxylation sites is 2. The Labute approximate surface area is 258 Å². The van der Waals surface area contributed by atoms with Gasteiger partial charge in [-0.25, -0.2) is 4.79 Å². The van der Waals surface area contributed by atoms with E-state index in [1.165, 1.54) is 0 Å². The number of hydrogen-bond donors (Lipinski definition) is 8. The molecular formula is C32H37N7O6. The first-order chi connectivity index (χ1) is 21.7. The van der Waals surface area contributed by atoms with Gasteiger partial charge in [-0.15, -0.1) is 0 Å². The van der Waals surface area contributed by atoms with Gasteiger partial charge in [-0.3, -0.25) is 19.2 Å². The Morgan fingerprint density at radius 1 is 0.800 bits per heavy atom. The van der Waals surface area contributed by atoms with Crippen molar-refractivity contribution in [3.63, 3.8) is 0 Å². The summed E-state index contributed by atoms with van der Waals surface area (Å²) in [4.78, 5) is 70.3. The molecule has 13 heteroatoms. The van der Waals surface area contributed by atoms with E-state index in [4.69, 9.17) is 5.73 Å². The molecule has 0 bridgehead atoms. The number of H-pyrrole nitrogens is 2. The first kappa shape index (κ1) is 31.3. The van der Waals surface area contributed by atoms with E-state index in [0.29, 0.717) is 13.0 Å². The first-order valence-corrected chi connectivity index (χ1v) is 14.9. The van der Waals surface area contributed by atoms with Gasteiger partial charge in [0.1, 0.15) is 18.1 Å². The van der Waals surface area contributed by atoms with Crippen molar-refractivity contribution >= 4 is 51.4 Å². The van der Waals surface area contributed by atoms with Crippen molar-refractivity contribution in [1.82, 2.24) is 31.2 Å². The minimum Gasteiger partial charge on any atom is -0.480 e. The van der Waals surface area contributed by atoms with Crippen molar-refractivity contribution in [1.29, 1.82) is 0 Å². The number of aromatic nitrogens is 2. The number of carboxylic acids is 1. The van der Waals surface area contributed by atoms with Gasteiger partial charge in [-0.2, -0.15) is 0 Å². The molecule has 5 rings (SSSR count). The molecule has 0 radical (unpaired) electrons. The molecule has 236 valence electrons. The van der Waals surface area contributed by atoms with Gasteiger partial charge in [0.2, 0.25) is 23.6 Å². The number of aliphatic carboxylic acids is 1. The maximum atomic E-state index is 14.0. The maximum absolute atomic E-state index is 14.0. The molecule has 3 heterocycles. The Hall–Kier alpha value is -5.17. The van der Waals surface area contributed by atoms with Crippen LogP contribution in [0.5, 0.6) is 0 Å². The summed E-state index contributed by atoms with van der Waals surface area (Å²) < 4.78 is 0. The molecule has 2 aromatic carbocycles. The Morgan fingerprint density at radius 3 is 1.84 bits per heavy atom. The lowest BCUT2D eigenvalue weighted by molar-refractivity contribution is -0.142. The van der Waals surface area contributed by atoms with Gasteiger partial charge in [0.15, 0.2) is 0 Å². The number of aromatic amines is 2. The van der Waals surface area contributed by atoms with Gasteiger partial charge in [0.05, 0.1) is 6.04 Å². The van der Waals surface area contributed by atoms with E-state index >= 15 is 0 Å². The number of rotatable bonds is 14. The van der Waals surface area contributed by atoms with Crippen molar-refractivity contribution in [2.45, 2.75) is 62.7 Å². The number of carbonyl (C=O) groups is 5. The second-order valence-electron chi connectivity index (χ2n) is 11.3. The number of carbonyl (C=O) groups excluding carboxylic acids is 4. The van der Waals surface area contributed by atoms with E-state index in [0.717, 1.165) is 39.4 Å². The Morgan fingerprint density at radius 2 is 1.33 bits per heavy atom. The molecule has 1 aliphatic rings. The van der Waals surface area contributed by atoms with Gasteiger partial charge in [-0.05, 0) is 49.1 Å². The summed E-state index contributed by atoms with van der Waals surface area (Å²) in [5, 5.41) is 22.7. The molecule has 0 spiro atoms. The molecule has 4 atom stereocenters. The lowest BCUT2D eigenvalue weighted by Gasteiger charge is -2.25. The molecule has 1 aliphatic heterocycles. The van der Waals surface area contributed by atoms with Crippen LogP contribution in [0.25, 0.3) is 21.8 Å². The SMILES string of the molecule is NC(=O)CCC(NC(=O)C(Cc1c[nH]c2ccccc12)NC(=O)C(Cc1c[nH]c2ccccc12)NC(=O)C1CCCN1)C(=O)O. The van der Waals surface area contributed by atoms with Crippen molar-refractivity contribution in [3.05, 3.63) is 72.1 Å². The average Bonchev–Trinajstić information content (AvgIpc) is 3.79. The standard InChI is InChI=1S/C32H37N7O6/c33-28(40)12-11-25(32(44)45)37-30(42)26(14-18-16-35-22-8-3-1-6-20(18)22)39-31(43)27(38-29(41)24-10-5-13-34-24)15-19-17-36-23-9-4-2-7-21(19)23/h1-4,6-9,16-17,24-27,34-36H,5,10-15H2,(H2,33,40)(H,37,42)(H,38,41)(H,39,43)(H,44,45). The molecule has 13 nitrogen and oxygen atoms in total. The predicted octanol–water partition coefficient (Wildman–Crippen LogP) is 0.991. The number of primary amides is 1. The molecule has 4 amide bonds. The van der Waals surface area contributed by atoms with Crippen molar-refractivity contribution in [2.75, 3.05) is 6.54 Å². The van der Waals surface area contributed by atoms with Crippen LogP contribution in [-0.2, 0) is 36.8 Å². The predicted molar refractivity (Wildman–Crippen MR) is 167 cm³/mol. The van der Waals surface area contributed by atoms with Gasteiger partial charge < -0.3 is 42.1 Å². The molecule has 4 unspecified atom stereocenters. The number of nitrogens with one attached hydrogen (secondary N) is 6. The average molecular weight is 616 g/mol. The van der Waals surface area contributed by atoms with Crippen LogP contribution in [-0.4, -0.2) is 75.4 Å². The highest BCUT2D eigenvalue weighted by Crippen LogP contribution is 2.21. The zero-order chi connectivity index (χ0) is 31.9. The second-order valence-corrected chi connectivity index (χ2v) is 11.3. The number of nitrogens with two attached hydrogens (primary N) is 1. The molecule has 9 N–H and O–H groups in total. The third-order valence-corrected chi connectivity index (χ3v) is 8.13. The Bertz CT molecular complexity index is 1710. The fourth-order valence-corrected chi connectivity index (χ4v) is 5.73. The third kappa shape index (κ3) is 7.68. The first-order valence-electron chi connectivity index (χ1n) is 14.9. The van der Waals surface area contributed by atoms with Gasteiger partial charge in [0.25, 0.3) is 0 Å². The smallest absolute Gasteiger partial charge is 0.326 e. The van der Waals surface area contributed by atoms with Crippen LogP contribution in [0.1, 0.15) is 36.8 Å². The molecule has 1 saturated heterocycles. The normalized spacial score (nSPS) is 16.6. The quantitative estimate of drug-likeness (QED) is 0.103. The van der Waals surface area contributed by atoms with Crippen LogP contribution in [0.4, 0.5) is 0 Å². The summed E-state index contributed by atoms with van der Waals surface area (Å²) in [6, 6.07) is 11.0. The minimum atomic E-state index is -1.40. The summed E-state index contributed by atoms with van der Waals surface area (Å²) in [6.45, 7) is 0.699. The van der Waals surface area contributed by atoms with E-state index in [1.54, 1.807) is 12.4 Å². The lowest BCUT2D eigenvalue weighted by atomic mass is 10.0. The fourth-order valence-electron chi connectivity index (χ4n) is 5.73. The van der Waals surface area contributed by atoms with E-state index < -0.39 is 47.9 Å². The highest BCUT2D eigenvalue weighted by molar-refractivity contribution is 5.95. The third-order valence-electron chi connectivity index (χ3n) is 8.13. The van der Waals surface area contributed by atoms with Gasteiger partial charge in [-0.1, -0.05) is 36.4 Å². The Balaban J connectivity index is 1.42. The number of fused-ring (bicyclic) bond motifs is 2. The van der Waals surface area contributed by atoms with E-state index in [1.807, 2.05) is 48.5 Å². The number of carboxylic acid groups (broad SMARTS) is 1. The topological polar surface area (TPSA) is 211 Å². The second kappa shape index (κ2) is 14.1. The molecule has 0 saturated carbocycles. The zero-order valence-corrected chi connectivity index (χ0v) is 24.6. The molecule has 4 aromatic rings. The molecule has 1 fully saturated rings. The molecule has 2 aromatic heterocycles. The van der Waals surface area contributed by atoms with E-state index in [-0.39, 0.29) is 31.6 Å². The van der Waals surface area contributed by atoms with Gasteiger partial charge in [0, 0.05) is 53.5 Å². The van der Waals surface area contributed by atoms with E-state index in [2.05, 4.69) is 31.2 Å². The number of hydrogen-bond acceptors (Lipinski definition) is 6. The summed E-state index contributed by atoms with van der Waals surface area (Å²) >= 11 is 0. The minimum absolute atomic E-state index is 0.0294. The van der Waals surface area contributed by atoms with Crippen LogP contribution < -0.4 is 27.0 Å². The van der Waals surface area contributed by atoms with Gasteiger partial charge >= 0.3 is 5.97 Å². The van der Waals surface area contributed by atoms with Crippen molar-refractivity contribution in [3.8, 4) is 0 Å². The summed E-state index contributed by atoms with van der Waals surface area (Å²) in [6.07, 6.45) is 4.72.